The van der Waals surface area contributed by atoms with Gasteiger partial charge in [0.2, 0.25) is 0 Å². The topological polar surface area (TPSA) is 71.4 Å². The van der Waals surface area contributed by atoms with Crippen LogP contribution in [0.2, 0.25) is 0 Å². The number of imidazole rings is 1. The molecule has 3 aliphatic heterocycles. The maximum atomic E-state index is 14.0. The summed E-state index contributed by atoms with van der Waals surface area (Å²) in [4.78, 5) is 20.1. The number of carbonyl (C=O) groups excluding carboxylic acids is 1. The minimum atomic E-state index is -0.586. The zero-order valence-corrected chi connectivity index (χ0v) is 22.0. The summed E-state index contributed by atoms with van der Waals surface area (Å²) in [6.45, 7) is 10.5. The molecule has 0 radical (unpaired) electrons. The summed E-state index contributed by atoms with van der Waals surface area (Å²) in [6.07, 6.45) is 5.94. The number of aromatic nitrogens is 2. The molecule has 7 nitrogen and oxygen atoms in total. The molecular weight excluding hydrogens is 457 g/mol. The molecule has 5 rings (SSSR count). The SMILES string of the molecule is Cc1nc2c(n1C1C[C@H]3CC[C@@H](C1)N3CC[C@H](NC(=O)OC(C)(C)C)c1cccc(F)c1)CNCC2. The molecule has 196 valence electrons. The highest BCUT2D eigenvalue weighted by Gasteiger charge is 2.42. The van der Waals surface area contributed by atoms with Gasteiger partial charge in [0, 0.05) is 44.2 Å². The van der Waals surface area contributed by atoms with Crippen molar-refractivity contribution in [1.82, 2.24) is 25.1 Å². The predicted molar refractivity (Wildman–Crippen MR) is 137 cm³/mol. The molecule has 2 saturated heterocycles. The number of nitrogens with zero attached hydrogens (tertiary/aromatic N) is 3. The van der Waals surface area contributed by atoms with Crippen LogP contribution in [-0.2, 0) is 17.7 Å². The van der Waals surface area contributed by atoms with Crippen LogP contribution < -0.4 is 10.6 Å². The first-order chi connectivity index (χ1) is 17.2. The number of carbonyl (C=O) groups is 1. The molecule has 1 aromatic heterocycles. The number of halogens is 1. The predicted octanol–water partition coefficient (Wildman–Crippen LogP) is 4.80. The molecule has 2 bridgehead atoms. The van der Waals surface area contributed by atoms with Crippen LogP contribution in [0.3, 0.4) is 0 Å². The Labute approximate surface area is 213 Å². The van der Waals surface area contributed by atoms with Crippen molar-refractivity contribution in [2.75, 3.05) is 13.1 Å². The molecule has 4 atom stereocenters. The normalized spacial score (nSPS) is 24.9. The fourth-order valence-corrected chi connectivity index (χ4v) is 6.53. The van der Waals surface area contributed by atoms with Gasteiger partial charge in [-0.05, 0) is 77.5 Å². The summed E-state index contributed by atoms with van der Waals surface area (Å²) >= 11 is 0. The van der Waals surface area contributed by atoms with Crippen LogP contribution in [0.15, 0.2) is 24.3 Å². The summed E-state index contributed by atoms with van der Waals surface area (Å²) < 4.78 is 22.1. The highest BCUT2D eigenvalue weighted by atomic mass is 19.1. The van der Waals surface area contributed by atoms with Gasteiger partial charge in [0.25, 0.3) is 0 Å². The van der Waals surface area contributed by atoms with Crippen LogP contribution in [0.5, 0.6) is 0 Å². The lowest BCUT2D eigenvalue weighted by molar-refractivity contribution is 0.0488. The van der Waals surface area contributed by atoms with Crippen LogP contribution in [0.1, 0.15) is 87.7 Å². The maximum Gasteiger partial charge on any atom is 0.408 e. The van der Waals surface area contributed by atoms with E-state index in [1.807, 2.05) is 26.8 Å². The number of nitrogens with one attached hydrogen (secondary N) is 2. The van der Waals surface area contributed by atoms with Crippen LogP contribution in [0.25, 0.3) is 0 Å². The summed E-state index contributed by atoms with van der Waals surface area (Å²) in [7, 11) is 0. The van der Waals surface area contributed by atoms with Crippen LogP contribution in [0, 0.1) is 12.7 Å². The number of hydrogen-bond donors (Lipinski definition) is 2. The van der Waals surface area contributed by atoms with Gasteiger partial charge < -0.3 is 19.9 Å². The van der Waals surface area contributed by atoms with Crippen molar-refractivity contribution in [1.29, 1.82) is 0 Å². The van der Waals surface area contributed by atoms with E-state index in [1.54, 1.807) is 6.07 Å². The number of ether oxygens (including phenoxy) is 1. The molecule has 2 fully saturated rings. The third kappa shape index (κ3) is 5.44. The van der Waals surface area contributed by atoms with Gasteiger partial charge >= 0.3 is 6.09 Å². The minimum absolute atomic E-state index is 0.294. The van der Waals surface area contributed by atoms with Crippen molar-refractivity contribution in [3.8, 4) is 0 Å². The molecule has 0 spiro atoms. The Balaban J connectivity index is 1.27. The number of piperidine rings is 1. The van der Waals surface area contributed by atoms with Gasteiger partial charge in [0.15, 0.2) is 0 Å². The quantitative estimate of drug-likeness (QED) is 0.600. The maximum absolute atomic E-state index is 14.0. The average molecular weight is 498 g/mol. The lowest BCUT2D eigenvalue weighted by Crippen LogP contribution is -2.45. The molecule has 2 aromatic rings. The number of fused-ring (bicyclic) bond motifs is 3. The Kier molecular flexibility index (Phi) is 7.10. The van der Waals surface area contributed by atoms with Crippen molar-refractivity contribution in [2.45, 2.75) is 103 Å². The number of rotatable bonds is 6. The van der Waals surface area contributed by atoms with Crippen molar-refractivity contribution < 1.29 is 13.9 Å². The molecule has 0 aliphatic carbocycles. The number of amides is 1. The van der Waals surface area contributed by atoms with Gasteiger partial charge in [-0.25, -0.2) is 14.2 Å². The summed E-state index contributed by atoms with van der Waals surface area (Å²) in [5.41, 5.74) is 2.84. The molecule has 36 heavy (non-hydrogen) atoms. The first-order valence-corrected chi connectivity index (χ1v) is 13.5. The van der Waals surface area contributed by atoms with E-state index in [9.17, 15) is 9.18 Å². The smallest absolute Gasteiger partial charge is 0.408 e. The molecule has 1 aromatic carbocycles. The molecule has 3 aliphatic rings. The lowest BCUT2D eigenvalue weighted by Gasteiger charge is -2.41. The monoisotopic (exact) mass is 497 g/mol. The zero-order chi connectivity index (χ0) is 25.4. The average Bonchev–Trinajstić information content (AvgIpc) is 3.26. The van der Waals surface area contributed by atoms with E-state index in [4.69, 9.17) is 9.72 Å². The van der Waals surface area contributed by atoms with E-state index < -0.39 is 11.7 Å². The Morgan fingerprint density at radius 2 is 2.00 bits per heavy atom. The molecule has 1 unspecified atom stereocenters. The fourth-order valence-electron chi connectivity index (χ4n) is 6.53. The Morgan fingerprint density at radius 1 is 1.25 bits per heavy atom. The largest absolute Gasteiger partial charge is 0.444 e. The zero-order valence-electron chi connectivity index (χ0n) is 22.0. The highest BCUT2D eigenvalue weighted by Crippen LogP contribution is 2.42. The van der Waals surface area contributed by atoms with E-state index in [0.29, 0.717) is 24.5 Å². The summed E-state index contributed by atoms with van der Waals surface area (Å²) in [6, 6.07) is 7.77. The fraction of sp³-hybridized carbons (Fsp3) is 0.643. The van der Waals surface area contributed by atoms with E-state index in [1.165, 1.54) is 36.4 Å². The second-order valence-corrected chi connectivity index (χ2v) is 11.6. The molecule has 2 N–H and O–H groups in total. The molecule has 0 saturated carbocycles. The third-order valence-electron chi connectivity index (χ3n) is 7.94. The van der Waals surface area contributed by atoms with E-state index in [0.717, 1.165) is 50.3 Å². The summed E-state index contributed by atoms with van der Waals surface area (Å²) in [5.74, 6) is 0.854. The van der Waals surface area contributed by atoms with Crippen LogP contribution in [0.4, 0.5) is 9.18 Å². The highest BCUT2D eigenvalue weighted by molar-refractivity contribution is 5.68. The number of benzene rings is 1. The molecule has 1 amide bonds. The van der Waals surface area contributed by atoms with Gasteiger partial charge in [-0.3, -0.25) is 4.90 Å². The van der Waals surface area contributed by atoms with Gasteiger partial charge in [0.1, 0.15) is 17.2 Å². The minimum Gasteiger partial charge on any atom is -0.444 e. The van der Waals surface area contributed by atoms with Crippen molar-refractivity contribution in [2.24, 2.45) is 0 Å². The van der Waals surface area contributed by atoms with Gasteiger partial charge in [-0.2, -0.15) is 0 Å². The Morgan fingerprint density at radius 3 is 2.69 bits per heavy atom. The third-order valence-corrected chi connectivity index (χ3v) is 7.94. The number of aryl methyl sites for hydroxylation is 1. The van der Waals surface area contributed by atoms with E-state index in [2.05, 4.69) is 27.0 Å². The van der Waals surface area contributed by atoms with Crippen LogP contribution >= 0.6 is 0 Å². The van der Waals surface area contributed by atoms with E-state index >= 15 is 0 Å². The van der Waals surface area contributed by atoms with Crippen molar-refractivity contribution in [3.05, 3.63) is 52.9 Å². The molecule has 8 heteroatoms. The Bertz CT molecular complexity index is 1080. The van der Waals surface area contributed by atoms with Crippen molar-refractivity contribution in [3.63, 3.8) is 0 Å². The van der Waals surface area contributed by atoms with Gasteiger partial charge in [0.05, 0.1) is 17.4 Å². The lowest BCUT2D eigenvalue weighted by atomic mass is 9.95. The summed E-state index contributed by atoms with van der Waals surface area (Å²) in [5, 5.41) is 6.53. The van der Waals surface area contributed by atoms with Crippen LogP contribution in [-0.4, -0.2) is 51.3 Å². The van der Waals surface area contributed by atoms with E-state index in [-0.39, 0.29) is 11.9 Å². The molecule has 4 heterocycles. The first kappa shape index (κ1) is 25.2. The number of alkyl carbamates (subject to hydrolysis) is 1. The number of hydrogen-bond acceptors (Lipinski definition) is 5. The van der Waals surface area contributed by atoms with Crippen molar-refractivity contribution >= 4 is 6.09 Å². The Hall–Kier alpha value is -2.45. The first-order valence-electron chi connectivity index (χ1n) is 13.5. The molecular formula is C28H40FN5O2. The standard InChI is InChI=1S/C28H40FN5O2/c1-18-31-25-10-12-30-17-26(25)34(18)23-15-21-8-9-22(16-23)33(21)13-11-24(19-6-5-7-20(29)14-19)32-27(35)36-28(2,3)4/h5-7,14,21-24,30H,8-13,15-17H2,1-4H3,(H,32,35)/t21-,22+,23?,24-/m0/s1. The second-order valence-electron chi connectivity index (χ2n) is 11.6. The second kappa shape index (κ2) is 10.1. The van der Waals surface area contributed by atoms with Gasteiger partial charge in [-0.1, -0.05) is 12.1 Å². The van der Waals surface area contributed by atoms with Gasteiger partial charge in [-0.15, -0.1) is 0 Å².